The largest absolute Gasteiger partial charge is 0.370 e. The van der Waals surface area contributed by atoms with E-state index in [1.165, 1.54) is 49.7 Å². The summed E-state index contributed by atoms with van der Waals surface area (Å²) < 4.78 is 2.60. The van der Waals surface area contributed by atoms with E-state index in [9.17, 15) is 0 Å². The number of guanidine groups is 1. The van der Waals surface area contributed by atoms with Crippen LogP contribution >= 0.6 is 0 Å². The van der Waals surface area contributed by atoms with E-state index in [4.69, 9.17) is 11.5 Å². The summed E-state index contributed by atoms with van der Waals surface area (Å²) in [5.41, 5.74) is 16.3. The average Bonchev–Trinajstić information content (AvgIpc) is 3.00. The van der Waals surface area contributed by atoms with Crippen LogP contribution in [0.2, 0.25) is 0 Å². The lowest BCUT2D eigenvalue weighted by molar-refractivity contribution is -0.0346. The Labute approximate surface area is 155 Å². The van der Waals surface area contributed by atoms with Crippen LogP contribution in [0.4, 0.5) is 0 Å². The first-order valence-corrected chi connectivity index (χ1v) is 10.1. The molecule has 138 valence electrons. The molecule has 5 nitrogen and oxygen atoms in total. The fourth-order valence-corrected chi connectivity index (χ4v) is 6.20. The molecule has 1 saturated heterocycles. The molecule has 2 aromatic rings. The van der Waals surface area contributed by atoms with Gasteiger partial charge >= 0.3 is 0 Å². The number of rotatable bonds is 3. The Bertz CT molecular complexity index is 878. The number of hydrogen-bond acceptors (Lipinski definition) is 2. The van der Waals surface area contributed by atoms with E-state index < -0.39 is 0 Å². The van der Waals surface area contributed by atoms with Gasteiger partial charge in [0.15, 0.2) is 5.96 Å². The zero-order chi connectivity index (χ0) is 17.9. The highest BCUT2D eigenvalue weighted by molar-refractivity contribution is 5.86. The van der Waals surface area contributed by atoms with Crippen molar-refractivity contribution in [3.63, 3.8) is 0 Å². The van der Waals surface area contributed by atoms with E-state index in [1.54, 1.807) is 11.3 Å². The zero-order valence-corrected chi connectivity index (χ0v) is 15.6. The van der Waals surface area contributed by atoms with Gasteiger partial charge in [-0.1, -0.05) is 25.1 Å². The molecule has 26 heavy (non-hydrogen) atoms. The van der Waals surface area contributed by atoms with Gasteiger partial charge in [-0.15, -0.1) is 0 Å². The van der Waals surface area contributed by atoms with Gasteiger partial charge in [0.25, 0.3) is 0 Å². The standard InChI is InChI=1S/C21H29N5/c1-2-21-9-5-10-25-11-8-16-15-6-3-4-7-17(15)26(18(16)19(21)25)14(12-21)13-24-20(22)23/h3-4,6-7,14,19H,2,5,8-13H2,1H3,(H4,22,23,24)/t14?,19-,21+/m1/s1. The van der Waals surface area contributed by atoms with Gasteiger partial charge in [-0.2, -0.15) is 0 Å². The van der Waals surface area contributed by atoms with Gasteiger partial charge in [0.1, 0.15) is 0 Å². The highest BCUT2D eigenvalue weighted by atomic mass is 15.2. The number of hydrogen-bond donors (Lipinski definition) is 2. The summed E-state index contributed by atoms with van der Waals surface area (Å²) in [7, 11) is 0. The molecule has 0 amide bonds. The van der Waals surface area contributed by atoms with Crippen molar-refractivity contribution in [2.75, 3.05) is 19.6 Å². The average molecular weight is 351 g/mol. The maximum Gasteiger partial charge on any atom is 0.185 e. The summed E-state index contributed by atoms with van der Waals surface area (Å²) in [5, 5.41) is 1.44. The minimum absolute atomic E-state index is 0.202. The van der Waals surface area contributed by atoms with Gasteiger partial charge in [-0.3, -0.25) is 9.89 Å². The summed E-state index contributed by atoms with van der Waals surface area (Å²) in [4.78, 5) is 7.21. The number of para-hydroxylation sites is 1. The molecule has 3 aliphatic rings. The normalized spacial score (nSPS) is 30.2. The second kappa shape index (κ2) is 5.74. The molecule has 0 radical (unpaired) electrons. The van der Waals surface area contributed by atoms with Crippen molar-refractivity contribution in [3.05, 3.63) is 35.5 Å². The fraction of sp³-hybridized carbons (Fsp3) is 0.571. The Kier molecular flexibility index (Phi) is 3.58. The van der Waals surface area contributed by atoms with Crippen molar-refractivity contribution in [2.45, 2.75) is 51.1 Å². The highest BCUT2D eigenvalue weighted by Crippen LogP contribution is 2.59. The zero-order valence-electron chi connectivity index (χ0n) is 15.6. The number of nitrogens with two attached hydrogens (primary N) is 2. The molecule has 0 saturated carbocycles. The Morgan fingerprint density at radius 2 is 2.12 bits per heavy atom. The Morgan fingerprint density at radius 3 is 2.92 bits per heavy atom. The number of fused-ring (bicyclic) bond motifs is 3. The maximum absolute atomic E-state index is 5.69. The summed E-state index contributed by atoms with van der Waals surface area (Å²) >= 11 is 0. The van der Waals surface area contributed by atoms with E-state index in [-0.39, 0.29) is 5.96 Å². The molecule has 3 atom stereocenters. The molecule has 0 aliphatic carbocycles. The van der Waals surface area contributed by atoms with Gasteiger partial charge in [-0.25, -0.2) is 0 Å². The van der Waals surface area contributed by atoms with E-state index in [0.29, 0.717) is 24.0 Å². The minimum atomic E-state index is 0.202. The smallest absolute Gasteiger partial charge is 0.185 e. The maximum atomic E-state index is 5.69. The molecular weight excluding hydrogens is 322 g/mol. The van der Waals surface area contributed by atoms with Crippen molar-refractivity contribution < 1.29 is 0 Å². The number of aliphatic imine (C=N–C) groups is 1. The third kappa shape index (κ3) is 2.10. The van der Waals surface area contributed by atoms with Crippen LogP contribution < -0.4 is 11.5 Å². The van der Waals surface area contributed by atoms with Gasteiger partial charge in [0.05, 0.1) is 18.6 Å². The number of aromatic nitrogens is 1. The van der Waals surface area contributed by atoms with Crippen LogP contribution in [0.1, 0.15) is 55.9 Å². The molecule has 5 heteroatoms. The Morgan fingerprint density at radius 1 is 1.27 bits per heavy atom. The van der Waals surface area contributed by atoms with Crippen molar-refractivity contribution in [2.24, 2.45) is 21.9 Å². The second-order valence-electron chi connectivity index (χ2n) is 8.38. The molecule has 4 N–H and O–H groups in total. The van der Waals surface area contributed by atoms with Crippen molar-refractivity contribution in [1.29, 1.82) is 0 Å². The number of benzene rings is 1. The van der Waals surface area contributed by atoms with Crippen LogP contribution in [0.3, 0.4) is 0 Å². The monoisotopic (exact) mass is 351 g/mol. The van der Waals surface area contributed by atoms with Gasteiger partial charge in [-0.05, 0) is 55.7 Å². The molecular formula is C21H29N5. The van der Waals surface area contributed by atoms with Crippen molar-refractivity contribution in [3.8, 4) is 0 Å². The Hall–Kier alpha value is -2.01. The third-order valence-electron chi connectivity index (χ3n) is 7.23. The topological polar surface area (TPSA) is 72.6 Å². The predicted molar refractivity (Wildman–Crippen MR) is 106 cm³/mol. The molecule has 0 bridgehead atoms. The minimum Gasteiger partial charge on any atom is -0.370 e. The van der Waals surface area contributed by atoms with Crippen molar-refractivity contribution in [1.82, 2.24) is 9.47 Å². The highest BCUT2D eigenvalue weighted by Gasteiger charge is 2.52. The lowest BCUT2D eigenvalue weighted by atomic mass is 9.63. The van der Waals surface area contributed by atoms with Gasteiger partial charge < -0.3 is 16.0 Å². The molecule has 1 aromatic heterocycles. The molecule has 0 spiro atoms. The molecule has 5 rings (SSSR count). The summed E-state index contributed by atoms with van der Waals surface area (Å²) in [6, 6.07) is 9.83. The quantitative estimate of drug-likeness (QED) is 0.660. The first kappa shape index (κ1) is 16.2. The summed E-state index contributed by atoms with van der Waals surface area (Å²) in [6.45, 7) is 5.51. The molecule has 4 heterocycles. The van der Waals surface area contributed by atoms with Gasteiger partial charge in [0, 0.05) is 23.1 Å². The lowest BCUT2D eigenvalue weighted by Crippen LogP contribution is -2.53. The van der Waals surface area contributed by atoms with E-state index in [2.05, 4.69) is 45.6 Å². The molecule has 1 unspecified atom stereocenters. The Balaban J connectivity index is 1.77. The van der Waals surface area contributed by atoms with Crippen LogP contribution in [-0.4, -0.2) is 35.1 Å². The summed E-state index contributed by atoms with van der Waals surface area (Å²) in [5.74, 6) is 0.202. The fourth-order valence-electron chi connectivity index (χ4n) is 6.20. The van der Waals surface area contributed by atoms with E-state index in [0.717, 1.165) is 6.42 Å². The first-order valence-electron chi connectivity index (χ1n) is 10.1. The SMILES string of the molecule is CC[C@]12CCCN3CCc4c(n(c5ccccc45)C(CN=C(N)N)C1)[C@@H]32. The summed E-state index contributed by atoms with van der Waals surface area (Å²) in [6.07, 6.45) is 6.20. The van der Waals surface area contributed by atoms with Crippen LogP contribution in [0.25, 0.3) is 10.9 Å². The van der Waals surface area contributed by atoms with E-state index >= 15 is 0 Å². The van der Waals surface area contributed by atoms with Gasteiger partial charge in [0.2, 0.25) is 0 Å². The van der Waals surface area contributed by atoms with Crippen LogP contribution in [0.5, 0.6) is 0 Å². The first-order chi connectivity index (χ1) is 12.6. The van der Waals surface area contributed by atoms with Crippen molar-refractivity contribution >= 4 is 16.9 Å². The third-order valence-corrected chi connectivity index (χ3v) is 7.23. The van der Waals surface area contributed by atoms with E-state index in [1.807, 2.05) is 0 Å². The lowest BCUT2D eigenvalue weighted by Gasteiger charge is -2.56. The van der Waals surface area contributed by atoms with Crippen LogP contribution in [0.15, 0.2) is 29.3 Å². The number of nitrogens with zero attached hydrogens (tertiary/aromatic N) is 3. The molecule has 3 aliphatic heterocycles. The molecule has 1 fully saturated rings. The van der Waals surface area contributed by atoms with Crippen LogP contribution in [0, 0.1) is 5.41 Å². The van der Waals surface area contributed by atoms with Crippen LogP contribution in [-0.2, 0) is 6.42 Å². The second-order valence-corrected chi connectivity index (χ2v) is 8.38. The predicted octanol–water partition coefficient (Wildman–Crippen LogP) is 2.95. The molecule has 1 aromatic carbocycles. The number of piperidine rings is 1.